The summed E-state index contributed by atoms with van der Waals surface area (Å²) in [4.78, 5) is 0. The third-order valence-corrected chi connectivity index (χ3v) is 2.46. The van der Waals surface area contributed by atoms with Crippen LogP contribution in [0.15, 0.2) is 36.4 Å². The molecule has 1 nitrogen and oxygen atoms in total. The van der Waals surface area contributed by atoms with E-state index >= 15 is 0 Å². The highest BCUT2D eigenvalue weighted by Gasteiger charge is 2.11. The minimum absolute atomic E-state index is 0.0279. The summed E-state index contributed by atoms with van der Waals surface area (Å²) in [5, 5.41) is 9.50. The summed E-state index contributed by atoms with van der Waals surface area (Å²) in [6.45, 7) is 1.72. The number of benzene rings is 2. The van der Waals surface area contributed by atoms with E-state index in [4.69, 9.17) is 0 Å². The molecule has 82 valence electrons. The highest BCUT2D eigenvalue weighted by atomic mass is 19.1. The molecular formula is C13H10F2O. The summed E-state index contributed by atoms with van der Waals surface area (Å²) in [6, 6.07) is 8.25. The summed E-state index contributed by atoms with van der Waals surface area (Å²) in [7, 11) is 0. The summed E-state index contributed by atoms with van der Waals surface area (Å²) in [6.07, 6.45) is 0. The molecule has 0 saturated heterocycles. The van der Waals surface area contributed by atoms with Crippen molar-refractivity contribution in [3.8, 4) is 16.9 Å². The molecular weight excluding hydrogens is 210 g/mol. The van der Waals surface area contributed by atoms with Gasteiger partial charge in [-0.25, -0.2) is 8.78 Å². The quantitative estimate of drug-likeness (QED) is 0.777. The van der Waals surface area contributed by atoms with E-state index in [1.54, 1.807) is 19.1 Å². The van der Waals surface area contributed by atoms with Crippen LogP contribution in [-0.2, 0) is 0 Å². The molecule has 0 spiro atoms. The topological polar surface area (TPSA) is 20.2 Å². The molecule has 0 atom stereocenters. The highest BCUT2D eigenvalue weighted by Crippen LogP contribution is 2.29. The number of rotatable bonds is 1. The van der Waals surface area contributed by atoms with E-state index in [9.17, 15) is 13.9 Å². The summed E-state index contributed by atoms with van der Waals surface area (Å²) in [5.74, 6) is -1.24. The van der Waals surface area contributed by atoms with E-state index in [2.05, 4.69) is 0 Å². The molecule has 0 unspecified atom stereocenters. The first-order chi connectivity index (χ1) is 7.59. The Hall–Kier alpha value is -1.90. The van der Waals surface area contributed by atoms with E-state index in [1.165, 1.54) is 24.3 Å². The second-order valence-corrected chi connectivity index (χ2v) is 3.60. The zero-order valence-corrected chi connectivity index (χ0v) is 8.67. The largest absolute Gasteiger partial charge is 0.508 e. The molecule has 0 amide bonds. The van der Waals surface area contributed by atoms with Crippen LogP contribution in [0.4, 0.5) is 8.78 Å². The number of aromatic hydroxyl groups is 1. The Morgan fingerprint density at radius 1 is 1.00 bits per heavy atom. The van der Waals surface area contributed by atoms with Crippen molar-refractivity contribution in [1.82, 2.24) is 0 Å². The van der Waals surface area contributed by atoms with E-state index in [1.807, 2.05) is 0 Å². The molecule has 16 heavy (non-hydrogen) atoms. The predicted molar refractivity (Wildman–Crippen MR) is 58.2 cm³/mol. The van der Waals surface area contributed by atoms with E-state index in [-0.39, 0.29) is 11.3 Å². The van der Waals surface area contributed by atoms with Gasteiger partial charge in [-0.05, 0) is 36.2 Å². The van der Waals surface area contributed by atoms with Crippen molar-refractivity contribution < 1.29 is 13.9 Å². The summed E-state index contributed by atoms with van der Waals surface area (Å²) >= 11 is 0. The number of phenolic OH excluding ortho intramolecular Hbond substituents is 1. The van der Waals surface area contributed by atoms with Crippen molar-refractivity contribution in [2.75, 3.05) is 0 Å². The van der Waals surface area contributed by atoms with Crippen molar-refractivity contribution in [2.24, 2.45) is 0 Å². The molecule has 1 N–H and O–H groups in total. The Labute approximate surface area is 92.0 Å². The molecule has 2 aromatic rings. The standard InChI is InChI=1S/C13H10F2O/c1-8-5-6-9(7-12(8)16)13-10(14)3-2-4-11(13)15/h2-7,16H,1H3. The van der Waals surface area contributed by atoms with Crippen LogP contribution >= 0.6 is 0 Å². The predicted octanol–water partition coefficient (Wildman–Crippen LogP) is 3.65. The summed E-state index contributed by atoms with van der Waals surface area (Å²) < 4.78 is 26.9. The number of hydrogen-bond donors (Lipinski definition) is 1. The Balaban J connectivity index is 2.63. The van der Waals surface area contributed by atoms with E-state index < -0.39 is 11.6 Å². The molecule has 0 aliphatic heterocycles. The fourth-order valence-electron chi connectivity index (χ4n) is 1.54. The first kappa shape index (κ1) is 10.6. The van der Waals surface area contributed by atoms with Gasteiger partial charge in [0.05, 0.1) is 5.56 Å². The molecule has 0 fully saturated rings. The molecule has 2 rings (SSSR count). The number of halogens is 2. The fourth-order valence-corrected chi connectivity index (χ4v) is 1.54. The van der Waals surface area contributed by atoms with E-state index in [0.29, 0.717) is 11.1 Å². The van der Waals surface area contributed by atoms with Crippen molar-refractivity contribution in [3.63, 3.8) is 0 Å². The van der Waals surface area contributed by atoms with Crippen molar-refractivity contribution in [3.05, 3.63) is 53.6 Å². The molecule has 0 heterocycles. The average Bonchev–Trinajstić information content (AvgIpc) is 2.23. The van der Waals surface area contributed by atoms with Crippen molar-refractivity contribution in [2.45, 2.75) is 6.92 Å². The van der Waals surface area contributed by atoms with Gasteiger partial charge in [0.2, 0.25) is 0 Å². The summed E-state index contributed by atoms with van der Waals surface area (Å²) in [5.41, 5.74) is 0.886. The molecule has 0 radical (unpaired) electrons. The molecule has 0 bridgehead atoms. The third kappa shape index (κ3) is 1.76. The fraction of sp³-hybridized carbons (Fsp3) is 0.0769. The smallest absolute Gasteiger partial charge is 0.133 e. The van der Waals surface area contributed by atoms with Crippen molar-refractivity contribution in [1.29, 1.82) is 0 Å². The molecule has 3 heteroatoms. The molecule has 0 aromatic heterocycles. The van der Waals surface area contributed by atoms with Gasteiger partial charge >= 0.3 is 0 Å². The number of aryl methyl sites for hydroxylation is 1. The van der Waals surface area contributed by atoms with Gasteiger partial charge in [-0.2, -0.15) is 0 Å². The maximum atomic E-state index is 13.4. The van der Waals surface area contributed by atoms with Gasteiger partial charge in [-0.15, -0.1) is 0 Å². The zero-order chi connectivity index (χ0) is 11.7. The van der Waals surface area contributed by atoms with Crippen LogP contribution in [0, 0.1) is 18.6 Å². The Kier molecular flexibility index (Phi) is 2.60. The van der Waals surface area contributed by atoms with Gasteiger partial charge in [-0.1, -0.05) is 18.2 Å². The van der Waals surface area contributed by atoms with Gasteiger partial charge in [0, 0.05) is 0 Å². The van der Waals surface area contributed by atoms with Crippen LogP contribution in [0.1, 0.15) is 5.56 Å². The van der Waals surface area contributed by atoms with Crippen LogP contribution in [-0.4, -0.2) is 5.11 Å². The first-order valence-electron chi connectivity index (χ1n) is 4.83. The second-order valence-electron chi connectivity index (χ2n) is 3.60. The van der Waals surface area contributed by atoms with Gasteiger partial charge < -0.3 is 5.11 Å². The van der Waals surface area contributed by atoms with Crippen LogP contribution in [0.25, 0.3) is 11.1 Å². The maximum Gasteiger partial charge on any atom is 0.133 e. The van der Waals surface area contributed by atoms with E-state index in [0.717, 1.165) is 0 Å². The van der Waals surface area contributed by atoms with Gasteiger partial charge in [-0.3, -0.25) is 0 Å². The minimum atomic E-state index is -0.636. The lowest BCUT2D eigenvalue weighted by Gasteiger charge is -2.06. The van der Waals surface area contributed by atoms with Crippen LogP contribution in [0.3, 0.4) is 0 Å². The number of phenols is 1. The van der Waals surface area contributed by atoms with Gasteiger partial charge in [0.25, 0.3) is 0 Å². The van der Waals surface area contributed by atoms with Crippen LogP contribution < -0.4 is 0 Å². The Morgan fingerprint density at radius 2 is 1.62 bits per heavy atom. The monoisotopic (exact) mass is 220 g/mol. The second kappa shape index (κ2) is 3.93. The van der Waals surface area contributed by atoms with Gasteiger partial charge in [0.15, 0.2) is 0 Å². The average molecular weight is 220 g/mol. The van der Waals surface area contributed by atoms with Crippen LogP contribution in [0.5, 0.6) is 5.75 Å². The lowest BCUT2D eigenvalue weighted by Crippen LogP contribution is -1.89. The first-order valence-corrected chi connectivity index (χ1v) is 4.83. The minimum Gasteiger partial charge on any atom is -0.508 e. The number of hydrogen-bond acceptors (Lipinski definition) is 1. The lowest BCUT2D eigenvalue weighted by atomic mass is 10.0. The van der Waals surface area contributed by atoms with Crippen LogP contribution in [0.2, 0.25) is 0 Å². The zero-order valence-electron chi connectivity index (χ0n) is 8.67. The van der Waals surface area contributed by atoms with Gasteiger partial charge in [0.1, 0.15) is 17.4 Å². The molecule has 0 aliphatic rings. The highest BCUT2D eigenvalue weighted by molar-refractivity contribution is 5.67. The lowest BCUT2D eigenvalue weighted by molar-refractivity contribution is 0.471. The Bertz CT molecular complexity index is 515. The third-order valence-electron chi connectivity index (χ3n) is 2.46. The molecule has 0 saturated carbocycles. The molecule has 2 aromatic carbocycles. The maximum absolute atomic E-state index is 13.4. The van der Waals surface area contributed by atoms with Crippen molar-refractivity contribution >= 4 is 0 Å². The normalized spacial score (nSPS) is 10.4. The Morgan fingerprint density at radius 3 is 2.19 bits per heavy atom. The SMILES string of the molecule is Cc1ccc(-c2c(F)cccc2F)cc1O. The molecule has 0 aliphatic carbocycles.